The molecule has 2 aromatic carbocycles. The van der Waals surface area contributed by atoms with Crippen LogP contribution in [0, 0.1) is 5.82 Å². The molecule has 0 saturated heterocycles. The van der Waals surface area contributed by atoms with Crippen molar-refractivity contribution in [1.29, 1.82) is 0 Å². The lowest BCUT2D eigenvalue weighted by molar-refractivity contribution is 0.628. The fourth-order valence-electron chi connectivity index (χ4n) is 1.50. The quantitative estimate of drug-likeness (QED) is 0.590. The van der Waals surface area contributed by atoms with Crippen molar-refractivity contribution in [3.63, 3.8) is 0 Å². The van der Waals surface area contributed by atoms with Crippen LogP contribution < -0.4 is 5.32 Å². The number of anilines is 1. The predicted octanol–water partition coefficient (Wildman–Crippen LogP) is 5.34. The summed E-state index contributed by atoms with van der Waals surface area (Å²) in [5.41, 5.74) is 0.913. The maximum atomic E-state index is 12.7. The summed E-state index contributed by atoms with van der Waals surface area (Å²) in [6.07, 6.45) is 0. The van der Waals surface area contributed by atoms with E-state index in [9.17, 15) is 4.39 Å². The van der Waals surface area contributed by atoms with E-state index in [0.717, 1.165) is 22.9 Å². The molecule has 2 rings (SSSR count). The second-order valence-electron chi connectivity index (χ2n) is 3.86. The minimum absolute atomic E-state index is 0.226. The minimum Gasteiger partial charge on any atom is -0.384 e. The minimum atomic E-state index is -0.226. The van der Waals surface area contributed by atoms with Crippen molar-refractivity contribution in [3.8, 4) is 0 Å². The molecular weight excluding hydrogens is 304 g/mol. The molecule has 0 radical (unpaired) electrons. The highest BCUT2D eigenvalue weighted by Crippen LogP contribution is 2.27. The highest BCUT2D eigenvalue weighted by Gasteiger charge is 2.00. The summed E-state index contributed by atoms with van der Waals surface area (Å²) in [7, 11) is 0. The van der Waals surface area contributed by atoms with Crippen LogP contribution in [0.1, 0.15) is 0 Å². The zero-order valence-corrected chi connectivity index (χ0v) is 12.3. The van der Waals surface area contributed by atoms with Crippen LogP contribution in [0.5, 0.6) is 0 Å². The fourth-order valence-corrected chi connectivity index (χ4v) is 2.67. The van der Waals surface area contributed by atoms with Gasteiger partial charge in [-0.3, -0.25) is 0 Å². The van der Waals surface area contributed by atoms with Gasteiger partial charge in [-0.15, -0.1) is 11.8 Å². The first-order valence-corrected chi connectivity index (χ1v) is 7.46. The van der Waals surface area contributed by atoms with Gasteiger partial charge in [0.1, 0.15) is 5.82 Å². The average molecular weight is 316 g/mol. The van der Waals surface area contributed by atoms with Crippen molar-refractivity contribution in [2.45, 2.75) is 4.90 Å². The molecule has 0 aliphatic heterocycles. The lowest BCUT2D eigenvalue weighted by Gasteiger charge is -2.06. The third-order valence-corrected chi connectivity index (χ3v) is 4.17. The lowest BCUT2D eigenvalue weighted by Crippen LogP contribution is -2.03. The van der Waals surface area contributed by atoms with E-state index in [1.165, 1.54) is 12.1 Å². The van der Waals surface area contributed by atoms with Crippen LogP contribution in [0.4, 0.5) is 10.1 Å². The van der Waals surface area contributed by atoms with E-state index in [1.54, 1.807) is 30.0 Å². The summed E-state index contributed by atoms with van der Waals surface area (Å²) in [6, 6.07) is 11.9. The Balaban J connectivity index is 1.77. The van der Waals surface area contributed by atoms with E-state index >= 15 is 0 Å². The van der Waals surface area contributed by atoms with Gasteiger partial charge in [0.25, 0.3) is 0 Å². The predicted molar refractivity (Wildman–Crippen MR) is 82.1 cm³/mol. The second kappa shape index (κ2) is 7.04. The van der Waals surface area contributed by atoms with E-state index in [-0.39, 0.29) is 5.82 Å². The van der Waals surface area contributed by atoms with Crippen LogP contribution in [0.2, 0.25) is 10.0 Å². The van der Waals surface area contributed by atoms with Crippen LogP contribution >= 0.6 is 35.0 Å². The molecule has 2 aromatic rings. The Morgan fingerprint density at radius 3 is 2.42 bits per heavy atom. The van der Waals surface area contributed by atoms with E-state index in [0.29, 0.717) is 10.0 Å². The summed E-state index contributed by atoms with van der Waals surface area (Å²) in [5, 5.41) is 4.35. The Morgan fingerprint density at radius 2 is 1.74 bits per heavy atom. The van der Waals surface area contributed by atoms with Crippen molar-refractivity contribution in [2.75, 3.05) is 17.6 Å². The number of halogens is 3. The van der Waals surface area contributed by atoms with Gasteiger partial charge < -0.3 is 5.32 Å². The molecule has 1 N–H and O–H groups in total. The molecule has 0 fully saturated rings. The fraction of sp³-hybridized carbons (Fsp3) is 0.143. The Labute approximate surface area is 126 Å². The summed E-state index contributed by atoms with van der Waals surface area (Å²) in [6.45, 7) is 0.788. The van der Waals surface area contributed by atoms with Gasteiger partial charge in [-0.25, -0.2) is 4.39 Å². The number of rotatable bonds is 5. The maximum absolute atomic E-state index is 12.7. The summed E-state index contributed by atoms with van der Waals surface area (Å²) in [5.74, 6) is 0.658. The molecule has 0 saturated carbocycles. The third-order valence-electron chi connectivity index (χ3n) is 2.44. The van der Waals surface area contributed by atoms with Gasteiger partial charge in [0, 0.05) is 22.9 Å². The van der Waals surface area contributed by atoms with Gasteiger partial charge in [-0.2, -0.15) is 0 Å². The normalized spacial score (nSPS) is 10.5. The highest BCUT2D eigenvalue weighted by atomic mass is 35.5. The number of nitrogens with one attached hydrogen (secondary N) is 1. The molecule has 0 unspecified atom stereocenters. The van der Waals surface area contributed by atoms with Gasteiger partial charge >= 0.3 is 0 Å². The first-order valence-electron chi connectivity index (χ1n) is 5.72. The van der Waals surface area contributed by atoms with Crippen LogP contribution in [0.3, 0.4) is 0 Å². The topological polar surface area (TPSA) is 12.0 Å². The standard InChI is InChI=1S/C14H12Cl2FNS/c15-13-6-5-12(9-14(13)16)19-8-7-18-11-3-1-10(17)2-4-11/h1-6,9,18H,7-8H2. The summed E-state index contributed by atoms with van der Waals surface area (Å²) in [4.78, 5) is 1.08. The molecule has 0 aliphatic rings. The Kier molecular flexibility index (Phi) is 5.37. The van der Waals surface area contributed by atoms with Gasteiger partial charge in [-0.1, -0.05) is 23.2 Å². The molecular formula is C14H12Cl2FNS. The summed E-state index contributed by atoms with van der Waals surface area (Å²) < 4.78 is 12.7. The van der Waals surface area contributed by atoms with Crippen molar-refractivity contribution in [2.24, 2.45) is 0 Å². The Bertz CT molecular complexity index is 546. The molecule has 100 valence electrons. The lowest BCUT2D eigenvalue weighted by atomic mass is 10.3. The number of hydrogen-bond acceptors (Lipinski definition) is 2. The van der Waals surface area contributed by atoms with Crippen LogP contribution in [0.15, 0.2) is 47.4 Å². The molecule has 19 heavy (non-hydrogen) atoms. The number of thioether (sulfide) groups is 1. The van der Waals surface area contributed by atoms with Gasteiger partial charge in [0.05, 0.1) is 10.0 Å². The molecule has 0 atom stereocenters. The van der Waals surface area contributed by atoms with Crippen molar-refractivity contribution < 1.29 is 4.39 Å². The van der Waals surface area contributed by atoms with Gasteiger partial charge in [-0.05, 0) is 42.5 Å². The smallest absolute Gasteiger partial charge is 0.123 e. The molecule has 0 bridgehead atoms. The third kappa shape index (κ3) is 4.60. The molecule has 0 spiro atoms. The zero-order chi connectivity index (χ0) is 13.7. The first kappa shape index (κ1) is 14.5. The van der Waals surface area contributed by atoms with Crippen molar-refractivity contribution in [1.82, 2.24) is 0 Å². The highest BCUT2D eigenvalue weighted by molar-refractivity contribution is 7.99. The molecule has 1 nitrogen and oxygen atoms in total. The first-order chi connectivity index (χ1) is 9.15. The van der Waals surface area contributed by atoms with E-state index in [2.05, 4.69) is 5.32 Å². The van der Waals surface area contributed by atoms with Gasteiger partial charge in [0.2, 0.25) is 0 Å². The van der Waals surface area contributed by atoms with Crippen LogP contribution in [0.25, 0.3) is 0 Å². The summed E-state index contributed by atoms with van der Waals surface area (Å²) >= 11 is 13.5. The van der Waals surface area contributed by atoms with Crippen LogP contribution in [-0.4, -0.2) is 12.3 Å². The maximum Gasteiger partial charge on any atom is 0.123 e. The van der Waals surface area contributed by atoms with Crippen molar-refractivity contribution in [3.05, 3.63) is 58.3 Å². The average Bonchev–Trinajstić information content (AvgIpc) is 2.41. The molecule has 0 aromatic heterocycles. The van der Waals surface area contributed by atoms with E-state index in [1.807, 2.05) is 12.1 Å². The second-order valence-corrected chi connectivity index (χ2v) is 5.84. The van der Waals surface area contributed by atoms with E-state index < -0.39 is 0 Å². The van der Waals surface area contributed by atoms with E-state index in [4.69, 9.17) is 23.2 Å². The largest absolute Gasteiger partial charge is 0.384 e. The zero-order valence-electron chi connectivity index (χ0n) is 10.00. The molecule has 0 heterocycles. The van der Waals surface area contributed by atoms with Gasteiger partial charge in [0.15, 0.2) is 0 Å². The molecule has 0 aliphatic carbocycles. The molecule has 5 heteroatoms. The van der Waals surface area contributed by atoms with Crippen molar-refractivity contribution >= 4 is 40.7 Å². The number of hydrogen-bond donors (Lipinski definition) is 1. The SMILES string of the molecule is Fc1ccc(NCCSc2ccc(Cl)c(Cl)c2)cc1. The Morgan fingerprint density at radius 1 is 1.00 bits per heavy atom. The Hall–Kier alpha value is -0.900. The number of benzene rings is 2. The van der Waals surface area contributed by atoms with Crippen LogP contribution in [-0.2, 0) is 0 Å². The monoisotopic (exact) mass is 315 g/mol. The molecule has 0 amide bonds.